The van der Waals surface area contributed by atoms with Gasteiger partial charge in [-0.2, -0.15) is 0 Å². The first-order chi connectivity index (χ1) is 7.35. The molecular formula is C11H22ClNO2S. The molecule has 0 aromatic carbocycles. The lowest BCUT2D eigenvalue weighted by Crippen LogP contribution is -2.44. The zero-order valence-electron chi connectivity index (χ0n) is 10.3. The van der Waals surface area contributed by atoms with Crippen molar-refractivity contribution in [3.63, 3.8) is 0 Å². The van der Waals surface area contributed by atoms with Gasteiger partial charge in [0.1, 0.15) is 0 Å². The summed E-state index contributed by atoms with van der Waals surface area (Å²) in [7, 11) is -3.11. The fourth-order valence-electron chi connectivity index (χ4n) is 2.34. The Labute approximate surface area is 104 Å². The van der Waals surface area contributed by atoms with Crippen LogP contribution in [0.3, 0.4) is 0 Å². The molecular weight excluding hydrogens is 246 g/mol. The average molecular weight is 268 g/mol. The van der Waals surface area contributed by atoms with E-state index in [1.807, 2.05) is 6.92 Å². The molecule has 1 rings (SSSR count). The van der Waals surface area contributed by atoms with Gasteiger partial charge in [0.05, 0.1) is 5.75 Å². The monoisotopic (exact) mass is 267 g/mol. The van der Waals surface area contributed by atoms with Gasteiger partial charge in [0.2, 0.25) is 10.0 Å². The minimum atomic E-state index is -3.11. The summed E-state index contributed by atoms with van der Waals surface area (Å²) in [6, 6.07) is 0. The first kappa shape index (κ1) is 14.3. The van der Waals surface area contributed by atoms with E-state index in [1.54, 1.807) is 4.31 Å². The van der Waals surface area contributed by atoms with Crippen molar-refractivity contribution in [1.29, 1.82) is 0 Å². The zero-order chi connectivity index (χ0) is 12.3. The van der Waals surface area contributed by atoms with Crippen molar-refractivity contribution in [2.45, 2.75) is 27.2 Å². The van der Waals surface area contributed by atoms with Gasteiger partial charge in [0.15, 0.2) is 0 Å². The maximum atomic E-state index is 12.1. The fraction of sp³-hybridized carbons (Fsp3) is 1.00. The summed E-state index contributed by atoms with van der Waals surface area (Å²) in [5.74, 6) is 1.53. The number of hydrogen-bond acceptors (Lipinski definition) is 2. The molecule has 1 fully saturated rings. The van der Waals surface area contributed by atoms with Crippen molar-refractivity contribution in [2.24, 2.45) is 17.8 Å². The second-order valence-electron chi connectivity index (χ2n) is 5.30. The third-order valence-corrected chi connectivity index (χ3v) is 5.59. The molecule has 5 heteroatoms. The summed E-state index contributed by atoms with van der Waals surface area (Å²) >= 11 is 5.67. The number of nitrogens with zero attached hydrogens (tertiary/aromatic N) is 1. The summed E-state index contributed by atoms with van der Waals surface area (Å²) in [5.41, 5.74) is 0. The molecule has 3 atom stereocenters. The zero-order valence-corrected chi connectivity index (χ0v) is 11.9. The Balaban J connectivity index is 2.67. The Morgan fingerprint density at radius 3 is 2.25 bits per heavy atom. The smallest absolute Gasteiger partial charge is 0.212 e. The van der Waals surface area contributed by atoms with Crippen LogP contribution in [0.2, 0.25) is 0 Å². The number of sulfonamides is 1. The minimum absolute atomic E-state index is 0.0270. The molecule has 1 aliphatic heterocycles. The number of alkyl halides is 1. The molecule has 1 aliphatic rings. The SMILES string of the molecule is CC1CC(C)CN(S(=O)(=O)CC(C)CCl)C1. The van der Waals surface area contributed by atoms with Crippen LogP contribution in [0.1, 0.15) is 27.2 Å². The third-order valence-electron chi connectivity index (χ3n) is 2.99. The van der Waals surface area contributed by atoms with Gasteiger partial charge < -0.3 is 0 Å². The quantitative estimate of drug-likeness (QED) is 0.732. The number of halogens is 1. The number of hydrogen-bond donors (Lipinski definition) is 0. The highest BCUT2D eigenvalue weighted by Crippen LogP contribution is 2.24. The van der Waals surface area contributed by atoms with Crippen LogP contribution in [-0.4, -0.2) is 37.4 Å². The van der Waals surface area contributed by atoms with Crippen molar-refractivity contribution < 1.29 is 8.42 Å². The molecule has 0 spiro atoms. The molecule has 16 heavy (non-hydrogen) atoms. The minimum Gasteiger partial charge on any atom is -0.212 e. The summed E-state index contributed by atoms with van der Waals surface area (Å²) < 4.78 is 25.9. The van der Waals surface area contributed by atoms with Crippen molar-refractivity contribution in [1.82, 2.24) is 4.31 Å². The van der Waals surface area contributed by atoms with Crippen LogP contribution in [0.5, 0.6) is 0 Å². The van der Waals surface area contributed by atoms with Gasteiger partial charge in [-0.1, -0.05) is 20.8 Å². The van der Waals surface area contributed by atoms with Crippen LogP contribution in [0.25, 0.3) is 0 Å². The van der Waals surface area contributed by atoms with Crippen molar-refractivity contribution in [3.8, 4) is 0 Å². The largest absolute Gasteiger partial charge is 0.214 e. The van der Waals surface area contributed by atoms with E-state index in [1.165, 1.54) is 0 Å². The maximum Gasteiger partial charge on any atom is 0.214 e. The lowest BCUT2D eigenvalue weighted by Gasteiger charge is -2.34. The second kappa shape index (κ2) is 5.69. The van der Waals surface area contributed by atoms with Crippen molar-refractivity contribution in [3.05, 3.63) is 0 Å². The topological polar surface area (TPSA) is 37.4 Å². The number of piperidine rings is 1. The predicted molar refractivity (Wildman–Crippen MR) is 68.2 cm³/mol. The van der Waals surface area contributed by atoms with Crippen LogP contribution in [-0.2, 0) is 10.0 Å². The second-order valence-corrected chi connectivity index (χ2v) is 7.62. The highest BCUT2D eigenvalue weighted by Gasteiger charge is 2.31. The van der Waals surface area contributed by atoms with E-state index < -0.39 is 10.0 Å². The van der Waals surface area contributed by atoms with Gasteiger partial charge in [-0.25, -0.2) is 12.7 Å². The molecule has 0 bridgehead atoms. The van der Waals surface area contributed by atoms with Crippen LogP contribution >= 0.6 is 11.6 Å². The summed E-state index contributed by atoms with van der Waals surface area (Å²) in [4.78, 5) is 0. The maximum absolute atomic E-state index is 12.1. The molecule has 3 unspecified atom stereocenters. The molecule has 3 nitrogen and oxygen atoms in total. The lowest BCUT2D eigenvalue weighted by molar-refractivity contribution is 0.222. The molecule has 96 valence electrons. The molecule has 0 amide bonds. The molecule has 1 heterocycles. The Bertz CT molecular complexity index is 308. The molecule has 0 N–H and O–H groups in total. The van der Waals surface area contributed by atoms with E-state index in [-0.39, 0.29) is 11.7 Å². The Kier molecular flexibility index (Phi) is 5.08. The van der Waals surface area contributed by atoms with Crippen LogP contribution < -0.4 is 0 Å². The molecule has 0 radical (unpaired) electrons. The highest BCUT2D eigenvalue weighted by atomic mass is 35.5. The lowest BCUT2D eigenvalue weighted by atomic mass is 9.94. The van der Waals surface area contributed by atoms with Gasteiger partial charge in [0.25, 0.3) is 0 Å². The molecule has 0 aromatic heterocycles. The van der Waals surface area contributed by atoms with Crippen LogP contribution in [0, 0.1) is 17.8 Å². The van der Waals surface area contributed by atoms with E-state index in [2.05, 4.69) is 13.8 Å². The summed E-state index contributed by atoms with van der Waals surface area (Å²) in [6.07, 6.45) is 1.12. The van der Waals surface area contributed by atoms with Gasteiger partial charge in [-0.15, -0.1) is 11.6 Å². The van der Waals surface area contributed by atoms with E-state index >= 15 is 0 Å². The van der Waals surface area contributed by atoms with E-state index in [4.69, 9.17) is 11.6 Å². The molecule has 0 aromatic rings. The summed E-state index contributed by atoms with van der Waals surface area (Å²) in [6.45, 7) is 7.44. The Hall–Kier alpha value is 0.200. The summed E-state index contributed by atoms with van der Waals surface area (Å²) in [5, 5.41) is 0. The fourth-order valence-corrected chi connectivity index (χ4v) is 4.59. The normalized spacial score (nSPS) is 30.2. The molecule has 0 saturated carbocycles. The van der Waals surface area contributed by atoms with Gasteiger partial charge >= 0.3 is 0 Å². The Morgan fingerprint density at radius 1 is 1.31 bits per heavy atom. The van der Waals surface area contributed by atoms with Gasteiger partial charge in [-0.05, 0) is 24.2 Å². The molecule has 0 aliphatic carbocycles. The van der Waals surface area contributed by atoms with Crippen LogP contribution in [0.4, 0.5) is 0 Å². The number of rotatable bonds is 4. The predicted octanol–water partition coefficient (Wildman–Crippen LogP) is 2.17. The highest BCUT2D eigenvalue weighted by molar-refractivity contribution is 7.89. The van der Waals surface area contributed by atoms with Gasteiger partial charge in [0, 0.05) is 19.0 Å². The van der Waals surface area contributed by atoms with Crippen molar-refractivity contribution >= 4 is 21.6 Å². The van der Waals surface area contributed by atoms with Crippen LogP contribution in [0.15, 0.2) is 0 Å². The Morgan fingerprint density at radius 2 is 1.81 bits per heavy atom. The van der Waals surface area contributed by atoms with Gasteiger partial charge in [-0.3, -0.25) is 0 Å². The molecule has 1 saturated heterocycles. The van der Waals surface area contributed by atoms with E-state index in [9.17, 15) is 8.42 Å². The average Bonchev–Trinajstić information content (AvgIpc) is 2.15. The van der Waals surface area contributed by atoms with Crippen molar-refractivity contribution in [2.75, 3.05) is 24.7 Å². The first-order valence-electron chi connectivity index (χ1n) is 5.89. The van der Waals surface area contributed by atoms with E-state index in [0.29, 0.717) is 30.8 Å². The third kappa shape index (κ3) is 3.90. The first-order valence-corrected chi connectivity index (χ1v) is 8.03. The van der Waals surface area contributed by atoms with E-state index in [0.717, 1.165) is 6.42 Å². The standard InChI is InChI=1S/C11H22ClNO2S/c1-9-4-10(2)7-13(6-9)16(14,15)8-11(3)5-12/h9-11H,4-8H2,1-3H3.